The van der Waals surface area contributed by atoms with Gasteiger partial charge >= 0.3 is 0 Å². The summed E-state index contributed by atoms with van der Waals surface area (Å²) in [5, 5.41) is 3.24. The second-order valence-electron chi connectivity index (χ2n) is 4.30. The molecule has 116 valence electrons. The monoisotopic (exact) mass is 319 g/mol. The molecule has 2 aromatic carbocycles. The first-order valence-corrected chi connectivity index (χ1v) is 6.19. The molecule has 0 aromatic heterocycles. The van der Waals surface area contributed by atoms with Crippen LogP contribution in [-0.4, -0.2) is 11.9 Å². The Kier molecular flexibility index (Phi) is 6.03. The lowest BCUT2D eigenvalue weighted by Gasteiger charge is -2.07. The molecule has 0 saturated heterocycles. The Bertz CT molecular complexity index is 672. The highest BCUT2D eigenvalue weighted by atomic mass is 35.5. The van der Waals surface area contributed by atoms with Gasteiger partial charge in [-0.25, -0.2) is 9.98 Å². The number of guanidine groups is 2. The predicted octanol–water partition coefficient (Wildman–Crippen LogP) is 1.66. The zero-order valence-electron chi connectivity index (χ0n) is 11.7. The van der Waals surface area contributed by atoms with Gasteiger partial charge < -0.3 is 28.3 Å². The number of nitrogens with one attached hydrogen (secondary N) is 1. The maximum absolute atomic E-state index is 5.36. The van der Waals surface area contributed by atoms with Gasteiger partial charge in [-0.2, -0.15) is 0 Å². The summed E-state index contributed by atoms with van der Waals surface area (Å²) in [5.74, 6) is 0.0504. The highest BCUT2D eigenvalue weighted by molar-refractivity contribution is 5.85. The lowest BCUT2D eigenvalue weighted by Crippen LogP contribution is -2.21. The van der Waals surface area contributed by atoms with Gasteiger partial charge in [0.05, 0.1) is 11.4 Å². The zero-order valence-corrected chi connectivity index (χ0v) is 12.5. The molecule has 0 atom stereocenters. The van der Waals surface area contributed by atoms with Crippen LogP contribution in [0, 0.1) is 0 Å². The average molecular weight is 320 g/mol. The third kappa shape index (κ3) is 5.22. The summed E-state index contributed by atoms with van der Waals surface area (Å²) >= 11 is 0. The Hall–Kier alpha value is -2.93. The van der Waals surface area contributed by atoms with Crippen LogP contribution >= 0.6 is 12.4 Å². The van der Waals surface area contributed by atoms with E-state index in [1.54, 1.807) is 0 Å². The van der Waals surface area contributed by atoms with Crippen LogP contribution in [0.5, 0.6) is 0 Å². The molecule has 0 aliphatic rings. The molecule has 8 heteroatoms. The quantitative estimate of drug-likeness (QED) is 0.430. The van der Waals surface area contributed by atoms with Crippen molar-refractivity contribution in [1.29, 1.82) is 0 Å². The fourth-order valence-electron chi connectivity index (χ4n) is 1.74. The van der Waals surface area contributed by atoms with Gasteiger partial charge in [-0.1, -0.05) is 6.07 Å². The van der Waals surface area contributed by atoms with E-state index in [1.165, 1.54) is 0 Å². The third-order valence-electron chi connectivity index (χ3n) is 2.52. The van der Waals surface area contributed by atoms with Crippen LogP contribution in [-0.2, 0) is 0 Å². The van der Waals surface area contributed by atoms with Gasteiger partial charge in [-0.15, -0.1) is 12.4 Å². The Labute approximate surface area is 134 Å². The van der Waals surface area contributed by atoms with Crippen LogP contribution in [0.25, 0.3) is 0 Å². The number of nitrogens with two attached hydrogens (primary N) is 4. The number of nitrogens with zero attached hydrogens (tertiary/aromatic N) is 2. The molecule has 0 aliphatic carbocycles. The van der Waals surface area contributed by atoms with Crippen molar-refractivity contribution in [2.24, 2.45) is 32.9 Å². The highest BCUT2D eigenvalue weighted by Gasteiger charge is 1.98. The summed E-state index contributed by atoms with van der Waals surface area (Å²) in [6.45, 7) is 0. The van der Waals surface area contributed by atoms with Crippen LogP contribution in [0.2, 0.25) is 0 Å². The largest absolute Gasteiger partial charge is 0.370 e. The maximum Gasteiger partial charge on any atom is 0.191 e. The molecule has 0 bridgehead atoms. The Morgan fingerprint density at radius 3 is 1.91 bits per heavy atom. The fraction of sp³-hybridized carbons (Fsp3) is 0. The van der Waals surface area contributed by atoms with Gasteiger partial charge in [0.2, 0.25) is 0 Å². The van der Waals surface area contributed by atoms with Crippen molar-refractivity contribution < 1.29 is 0 Å². The minimum atomic E-state index is 0. The normalized spacial score (nSPS) is 9.27. The van der Waals surface area contributed by atoms with E-state index < -0.39 is 0 Å². The second-order valence-corrected chi connectivity index (χ2v) is 4.30. The van der Waals surface area contributed by atoms with Crippen molar-refractivity contribution >= 4 is 47.1 Å². The number of rotatable bonds is 4. The maximum atomic E-state index is 5.36. The van der Waals surface area contributed by atoms with Crippen LogP contribution in [0.15, 0.2) is 58.5 Å². The molecule has 2 aromatic rings. The second kappa shape index (κ2) is 7.75. The van der Waals surface area contributed by atoms with E-state index >= 15 is 0 Å². The minimum absolute atomic E-state index is 0. The first kappa shape index (κ1) is 17.1. The van der Waals surface area contributed by atoms with Gasteiger partial charge in [-0.3, -0.25) is 0 Å². The first-order valence-electron chi connectivity index (χ1n) is 6.19. The standard InChI is InChI=1S/C14H17N7.ClH/c15-13(16)20-10-6-4-9(5-7-10)19-11-2-1-3-12(8-11)21-14(17)18;/h1-8,19H,(H4,15,16,20)(H4,17,18,21);1H. The van der Waals surface area contributed by atoms with Crippen LogP contribution < -0.4 is 28.3 Å². The number of anilines is 2. The Balaban J connectivity index is 0.00000242. The fourth-order valence-corrected chi connectivity index (χ4v) is 1.74. The molecule has 7 nitrogen and oxygen atoms in total. The lowest BCUT2D eigenvalue weighted by molar-refractivity contribution is 1.41. The molecule has 22 heavy (non-hydrogen) atoms. The van der Waals surface area contributed by atoms with E-state index in [0.717, 1.165) is 11.4 Å². The number of halogens is 1. The molecule has 0 saturated carbocycles. The summed E-state index contributed by atoms with van der Waals surface area (Å²) in [7, 11) is 0. The number of hydrogen-bond acceptors (Lipinski definition) is 3. The molecular weight excluding hydrogens is 302 g/mol. The predicted molar refractivity (Wildman–Crippen MR) is 94.4 cm³/mol. The van der Waals surface area contributed by atoms with Gasteiger partial charge in [0.25, 0.3) is 0 Å². The smallest absolute Gasteiger partial charge is 0.191 e. The van der Waals surface area contributed by atoms with E-state index in [4.69, 9.17) is 22.9 Å². The summed E-state index contributed by atoms with van der Waals surface area (Å²) in [4.78, 5) is 7.95. The number of aliphatic imine (C=N–C) groups is 2. The molecular formula is C14H18ClN7. The molecule has 9 N–H and O–H groups in total. The van der Waals surface area contributed by atoms with Crippen molar-refractivity contribution in [3.05, 3.63) is 48.5 Å². The molecule has 0 aliphatic heterocycles. The Morgan fingerprint density at radius 2 is 1.32 bits per heavy atom. The van der Waals surface area contributed by atoms with Gasteiger partial charge in [-0.05, 0) is 42.5 Å². The van der Waals surface area contributed by atoms with E-state index in [0.29, 0.717) is 11.4 Å². The first-order chi connectivity index (χ1) is 10.0. The molecule has 0 unspecified atom stereocenters. The number of hydrogen-bond donors (Lipinski definition) is 5. The van der Waals surface area contributed by atoms with Crippen molar-refractivity contribution in [3.63, 3.8) is 0 Å². The van der Waals surface area contributed by atoms with E-state index in [9.17, 15) is 0 Å². The van der Waals surface area contributed by atoms with E-state index in [1.807, 2.05) is 48.5 Å². The molecule has 0 amide bonds. The van der Waals surface area contributed by atoms with Crippen LogP contribution in [0.4, 0.5) is 22.7 Å². The van der Waals surface area contributed by atoms with Gasteiger partial charge in [0.15, 0.2) is 11.9 Å². The topological polar surface area (TPSA) is 141 Å². The molecule has 0 heterocycles. The van der Waals surface area contributed by atoms with Crippen molar-refractivity contribution in [2.45, 2.75) is 0 Å². The SMILES string of the molecule is Cl.NC(N)=Nc1ccc(Nc2cccc(N=C(N)N)c2)cc1. The molecule has 0 spiro atoms. The van der Waals surface area contributed by atoms with E-state index in [2.05, 4.69) is 15.3 Å². The average Bonchev–Trinajstić information content (AvgIpc) is 2.40. The summed E-state index contributed by atoms with van der Waals surface area (Å²) in [6, 6.07) is 14.8. The molecule has 0 fully saturated rings. The Morgan fingerprint density at radius 1 is 0.727 bits per heavy atom. The summed E-state index contributed by atoms with van der Waals surface area (Å²) in [5.41, 5.74) is 24.5. The van der Waals surface area contributed by atoms with E-state index in [-0.39, 0.29) is 24.3 Å². The van der Waals surface area contributed by atoms with Crippen molar-refractivity contribution in [2.75, 3.05) is 5.32 Å². The van der Waals surface area contributed by atoms with Crippen molar-refractivity contribution in [3.8, 4) is 0 Å². The van der Waals surface area contributed by atoms with Crippen molar-refractivity contribution in [1.82, 2.24) is 0 Å². The lowest BCUT2D eigenvalue weighted by atomic mass is 10.2. The van der Waals surface area contributed by atoms with Gasteiger partial charge in [0, 0.05) is 11.4 Å². The summed E-state index contributed by atoms with van der Waals surface area (Å²) < 4.78 is 0. The van der Waals surface area contributed by atoms with Crippen LogP contribution in [0.3, 0.4) is 0 Å². The molecule has 2 rings (SSSR count). The highest BCUT2D eigenvalue weighted by Crippen LogP contribution is 2.23. The summed E-state index contributed by atoms with van der Waals surface area (Å²) in [6.07, 6.45) is 0. The number of benzene rings is 2. The van der Waals surface area contributed by atoms with Crippen LogP contribution in [0.1, 0.15) is 0 Å². The zero-order chi connectivity index (χ0) is 15.2. The molecule has 0 radical (unpaired) electrons. The third-order valence-corrected chi connectivity index (χ3v) is 2.52. The minimum Gasteiger partial charge on any atom is -0.370 e. The van der Waals surface area contributed by atoms with Gasteiger partial charge in [0.1, 0.15) is 0 Å².